The van der Waals surface area contributed by atoms with Crippen molar-refractivity contribution in [3.8, 4) is 5.75 Å². The molecule has 1 N–H and O–H groups in total. The first-order valence-corrected chi connectivity index (χ1v) is 11.4. The number of hydrogen-bond donors (Lipinski definition) is 1. The highest BCUT2D eigenvalue weighted by atomic mass is 32.1. The van der Waals surface area contributed by atoms with E-state index in [9.17, 15) is 4.79 Å². The Labute approximate surface area is 187 Å². The molecule has 5 nitrogen and oxygen atoms in total. The number of carbonyl (C=O) groups excluding carboxylic acids is 1. The zero-order valence-electron chi connectivity index (χ0n) is 17.9. The number of aryl methyl sites for hydroxylation is 2. The van der Waals surface area contributed by atoms with Gasteiger partial charge in [-0.2, -0.15) is 0 Å². The van der Waals surface area contributed by atoms with Gasteiger partial charge < -0.3 is 15.0 Å². The first-order valence-electron chi connectivity index (χ1n) is 10.6. The Morgan fingerprint density at radius 1 is 1.19 bits per heavy atom. The number of carbonyl (C=O) groups is 1. The summed E-state index contributed by atoms with van der Waals surface area (Å²) in [6.45, 7) is 6.63. The van der Waals surface area contributed by atoms with E-state index in [2.05, 4.69) is 27.3 Å². The molecule has 1 amide bonds. The van der Waals surface area contributed by atoms with Crippen LogP contribution < -0.4 is 15.0 Å². The minimum Gasteiger partial charge on any atom is -0.487 e. The van der Waals surface area contributed by atoms with Crippen LogP contribution in [0.3, 0.4) is 0 Å². The summed E-state index contributed by atoms with van der Waals surface area (Å²) in [4.78, 5) is 19.3. The number of benzene rings is 2. The Bertz CT molecular complexity index is 1080. The Morgan fingerprint density at radius 3 is 2.74 bits per heavy atom. The van der Waals surface area contributed by atoms with Gasteiger partial charge in [-0.1, -0.05) is 18.2 Å². The lowest BCUT2D eigenvalue weighted by Crippen LogP contribution is -2.18. The van der Waals surface area contributed by atoms with Crippen LogP contribution >= 0.6 is 11.3 Å². The molecule has 1 aliphatic heterocycles. The van der Waals surface area contributed by atoms with E-state index in [1.165, 1.54) is 18.5 Å². The molecule has 0 spiro atoms. The number of nitrogens with one attached hydrogen (secondary N) is 1. The van der Waals surface area contributed by atoms with Gasteiger partial charge in [0.25, 0.3) is 0 Å². The minimum absolute atomic E-state index is 0.165. The molecule has 160 valence electrons. The lowest BCUT2D eigenvalue weighted by molar-refractivity contribution is -0.111. The van der Waals surface area contributed by atoms with Gasteiger partial charge in [0.1, 0.15) is 12.4 Å². The van der Waals surface area contributed by atoms with Crippen molar-refractivity contribution in [1.82, 2.24) is 4.98 Å². The van der Waals surface area contributed by atoms with Crippen molar-refractivity contribution < 1.29 is 9.53 Å². The number of anilines is 2. The maximum Gasteiger partial charge on any atom is 0.248 e. The lowest BCUT2D eigenvalue weighted by Gasteiger charge is -2.19. The van der Waals surface area contributed by atoms with Crippen LogP contribution in [-0.4, -0.2) is 24.0 Å². The van der Waals surface area contributed by atoms with E-state index in [0.717, 1.165) is 46.4 Å². The minimum atomic E-state index is -0.165. The van der Waals surface area contributed by atoms with Gasteiger partial charge in [-0.25, -0.2) is 4.98 Å². The average Bonchev–Trinajstić information content (AvgIpc) is 3.45. The summed E-state index contributed by atoms with van der Waals surface area (Å²) in [6, 6.07) is 13.9. The Balaban J connectivity index is 1.39. The molecule has 3 aromatic rings. The molecule has 0 saturated carbocycles. The number of hydrogen-bond acceptors (Lipinski definition) is 5. The molecule has 2 heterocycles. The van der Waals surface area contributed by atoms with E-state index in [1.807, 2.05) is 49.6 Å². The number of amides is 1. The molecule has 6 heteroatoms. The van der Waals surface area contributed by atoms with Crippen molar-refractivity contribution >= 4 is 34.7 Å². The molecule has 1 saturated heterocycles. The van der Waals surface area contributed by atoms with Crippen molar-refractivity contribution in [3.63, 3.8) is 0 Å². The van der Waals surface area contributed by atoms with Gasteiger partial charge in [0.2, 0.25) is 5.91 Å². The third kappa shape index (κ3) is 5.52. The van der Waals surface area contributed by atoms with Crippen LogP contribution in [0.4, 0.5) is 11.4 Å². The first-order chi connectivity index (χ1) is 15.1. The Hall–Kier alpha value is -3.12. The lowest BCUT2D eigenvalue weighted by atomic mass is 10.1. The fourth-order valence-electron chi connectivity index (χ4n) is 3.68. The molecule has 0 unspecified atom stereocenters. The highest BCUT2D eigenvalue weighted by Gasteiger charge is 2.13. The smallest absolute Gasteiger partial charge is 0.248 e. The van der Waals surface area contributed by atoms with E-state index in [0.29, 0.717) is 6.61 Å². The highest BCUT2D eigenvalue weighted by Crippen LogP contribution is 2.26. The Morgan fingerprint density at radius 2 is 2.00 bits per heavy atom. The maximum absolute atomic E-state index is 12.5. The van der Waals surface area contributed by atoms with Gasteiger partial charge >= 0.3 is 0 Å². The van der Waals surface area contributed by atoms with E-state index < -0.39 is 0 Å². The molecule has 4 rings (SSSR count). The van der Waals surface area contributed by atoms with E-state index in [-0.39, 0.29) is 5.91 Å². The van der Waals surface area contributed by atoms with Crippen LogP contribution in [0.5, 0.6) is 5.75 Å². The number of nitrogens with zero attached hydrogens (tertiary/aromatic N) is 2. The number of aromatic nitrogens is 1. The second-order valence-electron chi connectivity index (χ2n) is 7.70. The standard InChI is InChI=1S/C25H27N3O2S/c1-18-15-22(28-13-5-6-14-28)10-11-23(18)27-25(29)12-9-20-7-3-4-8-24(20)30-16-21-17-31-19(2)26-21/h3-4,7-12,15,17H,5-6,13-14,16H2,1-2H3,(H,27,29)/b12-9+. The van der Waals surface area contributed by atoms with Gasteiger partial charge in [-0.05, 0) is 62.6 Å². The first kappa shape index (κ1) is 21.1. The third-order valence-electron chi connectivity index (χ3n) is 5.31. The largest absolute Gasteiger partial charge is 0.487 e. The monoisotopic (exact) mass is 433 g/mol. The molecule has 1 aromatic heterocycles. The van der Waals surface area contributed by atoms with E-state index in [4.69, 9.17) is 4.74 Å². The van der Waals surface area contributed by atoms with Crippen LogP contribution in [0.15, 0.2) is 53.9 Å². The van der Waals surface area contributed by atoms with Crippen molar-refractivity contribution in [2.45, 2.75) is 33.3 Å². The summed E-state index contributed by atoms with van der Waals surface area (Å²) in [7, 11) is 0. The molecule has 0 radical (unpaired) electrons. The van der Waals surface area contributed by atoms with Crippen LogP contribution in [0.1, 0.15) is 34.7 Å². The Kier molecular flexibility index (Phi) is 6.67. The van der Waals surface area contributed by atoms with Crippen LogP contribution in [-0.2, 0) is 11.4 Å². The van der Waals surface area contributed by atoms with Gasteiger partial charge in [0.15, 0.2) is 0 Å². The highest BCUT2D eigenvalue weighted by molar-refractivity contribution is 7.09. The number of para-hydroxylation sites is 1. The SMILES string of the molecule is Cc1nc(COc2ccccc2/C=C/C(=O)Nc2ccc(N3CCCC3)cc2C)cs1. The molecule has 1 fully saturated rings. The van der Waals surface area contributed by atoms with E-state index in [1.54, 1.807) is 23.5 Å². The van der Waals surface area contributed by atoms with Crippen LogP contribution in [0, 0.1) is 13.8 Å². The topological polar surface area (TPSA) is 54.5 Å². The average molecular weight is 434 g/mol. The second-order valence-corrected chi connectivity index (χ2v) is 8.76. The molecule has 0 atom stereocenters. The fourth-order valence-corrected chi connectivity index (χ4v) is 4.27. The van der Waals surface area contributed by atoms with Crippen molar-refractivity contribution in [3.05, 3.63) is 75.7 Å². The van der Waals surface area contributed by atoms with Gasteiger partial charge in [-0.3, -0.25) is 4.79 Å². The van der Waals surface area contributed by atoms with E-state index >= 15 is 0 Å². The molecule has 1 aliphatic rings. The van der Waals surface area contributed by atoms with Crippen molar-refractivity contribution in [2.75, 3.05) is 23.3 Å². The molecular weight excluding hydrogens is 406 g/mol. The quantitative estimate of drug-likeness (QED) is 0.494. The third-order valence-corrected chi connectivity index (χ3v) is 6.14. The second kappa shape index (κ2) is 9.79. The van der Waals surface area contributed by atoms with Crippen LogP contribution in [0.25, 0.3) is 6.08 Å². The maximum atomic E-state index is 12.5. The summed E-state index contributed by atoms with van der Waals surface area (Å²) in [6.07, 6.45) is 5.82. The summed E-state index contributed by atoms with van der Waals surface area (Å²) < 4.78 is 5.92. The van der Waals surface area contributed by atoms with Gasteiger partial charge in [0, 0.05) is 41.5 Å². The predicted octanol–water partition coefficient (Wildman–Crippen LogP) is 5.59. The fraction of sp³-hybridized carbons (Fsp3) is 0.280. The van der Waals surface area contributed by atoms with Crippen LogP contribution in [0.2, 0.25) is 0 Å². The molecule has 0 bridgehead atoms. The summed E-state index contributed by atoms with van der Waals surface area (Å²) in [5.74, 6) is 0.560. The van der Waals surface area contributed by atoms with Crippen molar-refractivity contribution in [2.24, 2.45) is 0 Å². The summed E-state index contributed by atoms with van der Waals surface area (Å²) in [5, 5.41) is 6.00. The molecular formula is C25H27N3O2S. The molecule has 0 aliphatic carbocycles. The normalized spacial score (nSPS) is 13.7. The predicted molar refractivity (Wildman–Crippen MR) is 128 cm³/mol. The van der Waals surface area contributed by atoms with Gasteiger partial charge in [-0.15, -0.1) is 11.3 Å². The zero-order valence-corrected chi connectivity index (χ0v) is 18.7. The number of ether oxygens (including phenoxy) is 1. The summed E-state index contributed by atoms with van der Waals surface area (Å²) in [5.41, 5.74) is 4.89. The number of rotatable bonds is 7. The summed E-state index contributed by atoms with van der Waals surface area (Å²) >= 11 is 1.61. The molecule has 31 heavy (non-hydrogen) atoms. The zero-order chi connectivity index (χ0) is 21.6. The number of thiazole rings is 1. The van der Waals surface area contributed by atoms with Crippen molar-refractivity contribution in [1.29, 1.82) is 0 Å². The molecule has 2 aromatic carbocycles. The van der Waals surface area contributed by atoms with Gasteiger partial charge in [0.05, 0.1) is 10.7 Å².